The van der Waals surface area contributed by atoms with Crippen molar-refractivity contribution in [3.05, 3.63) is 29.3 Å². The number of anilines is 1. The highest BCUT2D eigenvalue weighted by Gasteiger charge is 2.34. The number of rotatable bonds is 3. The van der Waals surface area contributed by atoms with Crippen molar-refractivity contribution < 1.29 is 14.6 Å². The van der Waals surface area contributed by atoms with Crippen LogP contribution in [0.5, 0.6) is 0 Å². The van der Waals surface area contributed by atoms with Gasteiger partial charge >= 0.3 is 0 Å². The standard InChI is InChI=1S/C16H20N2O3/c1-11(20)14-5-4-12(7-17)6-15(14)18-8-13(9-19)21-16(2,3)10-18/h4-6,13,19H,8-10H2,1-3H3. The lowest BCUT2D eigenvalue weighted by Gasteiger charge is -2.43. The molecule has 0 radical (unpaired) electrons. The van der Waals surface area contributed by atoms with Crippen molar-refractivity contribution in [2.24, 2.45) is 0 Å². The number of benzene rings is 1. The predicted molar refractivity (Wildman–Crippen MR) is 79.4 cm³/mol. The van der Waals surface area contributed by atoms with Crippen LogP contribution in [-0.2, 0) is 4.74 Å². The zero-order chi connectivity index (χ0) is 15.6. The minimum atomic E-state index is -0.428. The summed E-state index contributed by atoms with van der Waals surface area (Å²) in [6.45, 7) is 6.42. The molecule has 1 aliphatic heterocycles. The third-order valence-electron chi connectivity index (χ3n) is 3.53. The van der Waals surface area contributed by atoms with E-state index in [0.717, 1.165) is 5.69 Å². The summed E-state index contributed by atoms with van der Waals surface area (Å²) >= 11 is 0. The van der Waals surface area contributed by atoms with E-state index in [1.54, 1.807) is 18.2 Å². The van der Waals surface area contributed by atoms with Crippen molar-refractivity contribution in [3.8, 4) is 6.07 Å². The second-order valence-electron chi connectivity index (χ2n) is 5.96. The molecule has 1 saturated heterocycles. The highest BCUT2D eigenvalue weighted by molar-refractivity contribution is 6.00. The number of Topliss-reactive ketones (excluding diaryl/α,β-unsaturated/α-hetero) is 1. The fourth-order valence-corrected chi connectivity index (χ4v) is 2.73. The topological polar surface area (TPSA) is 73.6 Å². The Hall–Kier alpha value is -1.90. The second kappa shape index (κ2) is 5.84. The molecule has 5 nitrogen and oxygen atoms in total. The molecule has 1 unspecified atom stereocenters. The number of hydrogen-bond acceptors (Lipinski definition) is 5. The molecular formula is C16H20N2O3. The molecular weight excluding hydrogens is 268 g/mol. The molecule has 1 aromatic carbocycles. The van der Waals surface area contributed by atoms with Gasteiger partial charge in [-0.2, -0.15) is 5.26 Å². The first kappa shape index (κ1) is 15.5. The summed E-state index contributed by atoms with van der Waals surface area (Å²) in [6, 6.07) is 7.16. The molecule has 5 heteroatoms. The number of aliphatic hydroxyl groups excluding tert-OH is 1. The smallest absolute Gasteiger partial charge is 0.161 e. The first-order chi connectivity index (χ1) is 9.86. The lowest BCUT2D eigenvalue weighted by Crippen LogP contribution is -2.54. The van der Waals surface area contributed by atoms with Crippen molar-refractivity contribution in [2.75, 3.05) is 24.6 Å². The molecule has 112 valence electrons. The summed E-state index contributed by atoms with van der Waals surface area (Å²) in [7, 11) is 0. The van der Waals surface area contributed by atoms with Crippen LogP contribution in [0.2, 0.25) is 0 Å². The summed E-state index contributed by atoms with van der Waals surface area (Å²) < 4.78 is 5.79. The van der Waals surface area contributed by atoms with E-state index in [9.17, 15) is 9.90 Å². The van der Waals surface area contributed by atoms with Gasteiger partial charge in [-0.3, -0.25) is 4.79 Å². The first-order valence-electron chi connectivity index (χ1n) is 6.95. The van der Waals surface area contributed by atoms with E-state index in [2.05, 4.69) is 6.07 Å². The Morgan fingerprint density at radius 1 is 1.57 bits per heavy atom. The van der Waals surface area contributed by atoms with Crippen molar-refractivity contribution in [1.82, 2.24) is 0 Å². The van der Waals surface area contributed by atoms with Gasteiger partial charge in [0.2, 0.25) is 0 Å². The van der Waals surface area contributed by atoms with E-state index in [4.69, 9.17) is 10.00 Å². The summed E-state index contributed by atoms with van der Waals surface area (Å²) in [5.41, 5.74) is 1.40. The predicted octanol–water partition coefficient (Wildman–Crippen LogP) is 1.74. The van der Waals surface area contributed by atoms with Gasteiger partial charge in [0, 0.05) is 24.3 Å². The molecule has 1 aromatic rings. The fourth-order valence-electron chi connectivity index (χ4n) is 2.73. The van der Waals surface area contributed by atoms with Gasteiger partial charge in [0.1, 0.15) is 0 Å². The van der Waals surface area contributed by atoms with Crippen LogP contribution in [0.3, 0.4) is 0 Å². The van der Waals surface area contributed by atoms with Gasteiger partial charge < -0.3 is 14.7 Å². The van der Waals surface area contributed by atoms with Crippen LogP contribution >= 0.6 is 0 Å². The Morgan fingerprint density at radius 2 is 2.29 bits per heavy atom. The van der Waals surface area contributed by atoms with Gasteiger partial charge in [0.25, 0.3) is 0 Å². The maximum Gasteiger partial charge on any atom is 0.161 e. The molecule has 1 heterocycles. The van der Waals surface area contributed by atoms with Crippen LogP contribution in [0.25, 0.3) is 0 Å². The zero-order valence-electron chi connectivity index (χ0n) is 12.6. The summed E-state index contributed by atoms with van der Waals surface area (Å²) in [5.74, 6) is -0.0423. The average molecular weight is 288 g/mol. The SMILES string of the molecule is CC(=O)c1ccc(C#N)cc1N1CC(CO)OC(C)(C)C1. The third kappa shape index (κ3) is 3.41. The summed E-state index contributed by atoms with van der Waals surface area (Å²) in [6.07, 6.45) is -0.306. The van der Waals surface area contributed by atoms with Crippen LogP contribution in [0, 0.1) is 11.3 Å². The van der Waals surface area contributed by atoms with Crippen LogP contribution in [0.4, 0.5) is 5.69 Å². The van der Waals surface area contributed by atoms with Gasteiger partial charge in [0.05, 0.1) is 29.9 Å². The van der Waals surface area contributed by atoms with Gasteiger partial charge in [-0.25, -0.2) is 0 Å². The maximum absolute atomic E-state index is 11.8. The minimum Gasteiger partial charge on any atom is -0.394 e. The number of nitriles is 1. The van der Waals surface area contributed by atoms with Gasteiger partial charge in [-0.1, -0.05) is 0 Å². The van der Waals surface area contributed by atoms with Crippen molar-refractivity contribution in [3.63, 3.8) is 0 Å². The molecule has 0 aromatic heterocycles. The third-order valence-corrected chi connectivity index (χ3v) is 3.53. The van der Waals surface area contributed by atoms with Gasteiger partial charge in [0.15, 0.2) is 5.78 Å². The van der Waals surface area contributed by atoms with E-state index < -0.39 is 5.60 Å². The van der Waals surface area contributed by atoms with E-state index >= 15 is 0 Å². The summed E-state index contributed by atoms with van der Waals surface area (Å²) in [4.78, 5) is 13.8. The normalized spacial score (nSPS) is 20.9. The first-order valence-corrected chi connectivity index (χ1v) is 6.95. The quantitative estimate of drug-likeness (QED) is 0.858. The van der Waals surface area contributed by atoms with Gasteiger partial charge in [-0.15, -0.1) is 0 Å². The Bertz CT molecular complexity index is 590. The van der Waals surface area contributed by atoms with Gasteiger partial charge in [-0.05, 0) is 39.0 Å². The molecule has 1 fully saturated rings. The lowest BCUT2D eigenvalue weighted by molar-refractivity contribution is -0.101. The number of ether oxygens (including phenoxy) is 1. The number of carbonyl (C=O) groups excluding carboxylic acids is 1. The maximum atomic E-state index is 11.8. The van der Waals surface area contributed by atoms with Crippen LogP contribution in [-0.4, -0.2) is 42.3 Å². The molecule has 0 spiro atoms. The molecule has 21 heavy (non-hydrogen) atoms. The minimum absolute atomic E-state index is 0.0423. The Balaban J connectivity index is 2.44. The molecule has 1 atom stereocenters. The number of morpholine rings is 1. The number of hydrogen-bond donors (Lipinski definition) is 1. The lowest BCUT2D eigenvalue weighted by atomic mass is 10.0. The number of carbonyl (C=O) groups is 1. The number of nitrogens with zero attached hydrogens (tertiary/aromatic N) is 2. The van der Waals surface area contributed by atoms with Crippen molar-refractivity contribution >= 4 is 11.5 Å². The average Bonchev–Trinajstić information content (AvgIpc) is 2.44. The van der Waals surface area contributed by atoms with E-state index in [1.165, 1.54) is 6.92 Å². The highest BCUT2D eigenvalue weighted by atomic mass is 16.5. The highest BCUT2D eigenvalue weighted by Crippen LogP contribution is 2.29. The Kier molecular flexibility index (Phi) is 4.31. The Morgan fingerprint density at radius 3 is 2.86 bits per heavy atom. The molecule has 0 bridgehead atoms. The number of aliphatic hydroxyl groups is 1. The van der Waals surface area contributed by atoms with Crippen molar-refractivity contribution in [1.29, 1.82) is 5.26 Å². The van der Waals surface area contributed by atoms with E-state index in [0.29, 0.717) is 24.2 Å². The summed E-state index contributed by atoms with van der Waals surface area (Å²) in [5, 5.41) is 18.5. The fraction of sp³-hybridized carbons (Fsp3) is 0.500. The monoisotopic (exact) mass is 288 g/mol. The molecule has 0 amide bonds. The Labute approximate surface area is 124 Å². The van der Waals surface area contributed by atoms with Crippen LogP contribution in [0.15, 0.2) is 18.2 Å². The van der Waals surface area contributed by atoms with Crippen LogP contribution < -0.4 is 4.90 Å². The van der Waals surface area contributed by atoms with Crippen molar-refractivity contribution in [2.45, 2.75) is 32.5 Å². The molecule has 0 saturated carbocycles. The van der Waals surface area contributed by atoms with E-state index in [1.807, 2.05) is 18.7 Å². The van der Waals surface area contributed by atoms with E-state index in [-0.39, 0.29) is 18.5 Å². The molecule has 1 aliphatic rings. The number of ketones is 1. The second-order valence-corrected chi connectivity index (χ2v) is 5.96. The molecule has 1 N–H and O–H groups in total. The molecule has 0 aliphatic carbocycles. The zero-order valence-corrected chi connectivity index (χ0v) is 12.6. The molecule has 2 rings (SSSR count). The largest absolute Gasteiger partial charge is 0.394 e. The van der Waals surface area contributed by atoms with Crippen LogP contribution in [0.1, 0.15) is 36.7 Å².